The molecule has 0 spiro atoms. The van der Waals surface area contributed by atoms with E-state index in [4.69, 9.17) is 9.47 Å². The van der Waals surface area contributed by atoms with E-state index in [1.807, 2.05) is 51.1 Å². The van der Waals surface area contributed by atoms with Crippen molar-refractivity contribution in [1.29, 1.82) is 0 Å². The molecule has 5 nitrogen and oxygen atoms in total. The highest BCUT2D eigenvalue weighted by molar-refractivity contribution is 5.66. The summed E-state index contributed by atoms with van der Waals surface area (Å²) in [6.45, 7) is 7.03. The molecule has 0 saturated heterocycles. The summed E-state index contributed by atoms with van der Waals surface area (Å²) in [5.74, 6) is -0.553. The summed E-state index contributed by atoms with van der Waals surface area (Å²) in [6.07, 6.45) is -2.06. The van der Waals surface area contributed by atoms with Crippen molar-refractivity contribution in [3.05, 3.63) is 35.9 Å². The molecule has 1 aromatic carbocycles. The van der Waals surface area contributed by atoms with Gasteiger partial charge in [-0.05, 0) is 11.5 Å². The molecular weight excluding hydrogens is 296 g/mol. The molecule has 0 amide bonds. The van der Waals surface area contributed by atoms with Crippen LogP contribution >= 0.6 is 0 Å². The number of aliphatic hydroxyl groups excluding tert-OH is 2. The van der Waals surface area contributed by atoms with Gasteiger partial charge in [-0.1, -0.05) is 51.1 Å². The van der Waals surface area contributed by atoms with Crippen molar-refractivity contribution in [1.82, 2.24) is 0 Å². The number of hydrogen-bond donors (Lipinski definition) is 2. The summed E-state index contributed by atoms with van der Waals surface area (Å²) >= 11 is 0. The number of rotatable bonds is 9. The molecule has 0 aliphatic rings. The Balaban J connectivity index is 2.84. The lowest BCUT2D eigenvalue weighted by Crippen LogP contribution is -2.45. The zero-order chi connectivity index (χ0) is 17.4. The summed E-state index contributed by atoms with van der Waals surface area (Å²) in [4.78, 5) is 11.3. The Kier molecular flexibility index (Phi) is 8.23. The molecule has 0 heterocycles. The standard InChI is InChI=1S/C18H28O5/c1-12(2)17(23-14(4)20)13(3)18(16(21)10-19)22-11-15-8-6-5-7-9-15/h5-9,12-13,16-19,21H,10-11H2,1-4H3/t13-,16+,17-,18+/m0/s1. The van der Waals surface area contributed by atoms with Crippen LogP contribution in [0.3, 0.4) is 0 Å². The number of carbonyl (C=O) groups excluding carboxylic acids is 1. The summed E-state index contributed by atoms with van der Waals surface area (Å²) in [6, 6.07) is 9.60. The van der Waals surface area contributed by atoms with Gasteiger partial charge in [0.25, 0.3) is 0 Å². The molecular formula is C18H28O5. The van der Waals surface area contributed by atoms with Crippen LogP contribution in [0.2, 0.25) is 0 Å². The molecule has 1 aromatic rings. The Morgan fingerprint density at radius 1 is 1.13 bits per heavy atom. The van der Waals surface area contributed by atoms with Crippen LogP contribution in [0.5, 0.6) is 0 Å². The summed E-state index contributed by atoms with van der Waals surface area (Å²) in [5, 5.41) is 19.4. The van der Waals surface area contributed by atoms with E-state index < -0.39 is 24.9 Å². The lowest BCUT2D eigenvalue weighted by molar-refractivity contribution is -0.163. The van der Waals surface area contributed by atoms with E-state index in [9.17, 15) is 15.0 Å². The largest absolute Gasteiger partial charge is 0.462 e. The molecule has 4 atom stereocenters. The number of carbonyl (C=O) groups is 1. The maximum Gasteiger partial charge on any atom is 0.302 e. The van der Waals surface area contributed by atoms with Crippen molar-refractivity contribution in [2.45, 2.75) is 52.6 Å². The maximum atomic E-state index is 11.3. The minimum atomic E-state index is -1.04. The average molecular weight is 324 g/mol. The number of ether oxygens (including phenoxy) is 2. The fourth-order valence-electron chi connectivity index (χ4n) is 2.71. The number of hydrogen-bond acceptors (Lipinski definition) is 5. The van der Waals surface area contributed by atoms with E-state index in [-0.39, 0.29) is 17.8 Å². The predicted molar refractivity (Wildman–Crippen MR) is 87.7 cm³/mol. The molecule has 23 heavy (non-hydrogen) atoms. The highest BCUT2D eigenvalue weighted by atomic mass is 16.5. The third-order valence-corrected chi connectivity index (χ3v) is 3.85. The molecule has 0 unspecified atom stereocenters. The highest BCUT2D eigenvalue weighted by Gasteiger charge is 2.35. The van der Waals surface area contributed by atoms with Crippen molar-refractivity contribution >= 4 is 5.97 Å². The van der Waals surface area contributed by atoms with Crippen molar-refractivity contribution < 1.29 is 24.5 Å². The predicted octanol–water partition coefficient (Wildman–Crippen LogP) is 2.15. The van der Waals surface area contributed by atoms with Gasteiger partial charge in [0.05, 0.1) is 19.3 Å². The van der Waals surface area contributed by atoms with E-state index in [0.29, 0.717) is 6.61 Å². The minimum Gasteiger partial charge on any atom is -0.462 e. The van der Waals surface area contributed by atoms with Gasteiger partial charge in [0.1, 0.15) is 12.2 Å². The first-order chi connectivity index (χ1) is 10.9. The van der Waals surface area contributed by atoms with Crippen molar-refractivity contribution in [3.63, 3.8) is 0 Å². The quantitative estimate of drug-likeness (QED) is 0.681. The number of esters is 1. The minimum absolute atomic E-state index is 0.0719. The van der Waals surface area contributed by atoms with Gasteiger partial charge < -0.3 is 19.7 Å². The van der Waals surface area contributed by atoms with Crippen LogP contribution in [0.25, 0.3) is 0 Å². The molecule has 5 heteroatoms. The van der Waals surface area contributed by atoms with E-state index in [0.717, 1.165) is 5.56 Å². The smallest absolute Gasteiger partial charge is 0.302 e. The Bertz CT molecular complexity index is 460. The molecule has 0 saturated carbocycles. The summed E-state index contributed by atoms with van der Waals surface area (Å²) < 4.78 is 11.2. The van der Waals surface area contributed by atoms with Crippen molar-refractivity contribution in [2.24, 2.45) is 11.8 Å². The lowest BCUT2D eigenvalue weighted by Gasteiger charge is -2.34. The van der Waals surface area contributed by atoms with E-state index in [2.05, 4.69) is 0 Å². The fourth-order valence-corrected chi connectivity index (χ4v) is 2.71. The third kappa shape index (κ3) is 6.29. The maximum absolute atomic E-state index is 11.3. The topological polar surface area (TPSA) is 76.0 Å². The van der Waals surface area contributed by atoms with E-state index in [1.165, 1.54) is 6.92 Å². The first kappa shape index (κ1) is 19.6. The van der Waals surface area contributed by atoms with Crippen molar-refractivity contribution in [2.75, 3.05) is 6.61 Å². The highest BCUT2D eigenvalue weighted by Crippen LogP contribution is 2.25. The Hall–Kier alpha value is -1.43. The summed E-state index contributed by atoms with van der Waals surface area (Å²) in [7, 11) is 0. The molecule has 0 aliphatic heterocycles. The summed E-state index contributed by atoms with van der Waals surface area (Å²) in [5.41, 5.74) is 0.975. The lowest BCUT2D eigenvalue weighted by atomic mass is 9.87. The van der Waals surface area contributed by atoms with Gasteiger partial charge in [0, 0.05) is 12.8 Å². The zero-order valence-electron chi connectivity index (χ0n) is 14.3. The molecule has 0 radical (unpaired) electrons. The molecule has 2 N–H and O–H groups in total. The Morgan fingerprint density at radius 3 is 2.22 bits per heavy atom. The van der Waals surface area contributed by atoms with E-state index >= 15 is 0 Å². The van der Waals surface area contributed by atoms with Crippen LogP contribution in [0.1, 0.15) is 33.3 Å². The molecule has 0 fully saturated rings. The molecule has 0 bridgehead atoms. The SMILES string of the molecule is CC(=O)O[C@@H](C(C)C)[C@H](C)[C@@H](OCc1ccccc1)[C@H](O)CO. The van der Waals surface area contributed by atoms with Gasteiger partial charge in [0.2, 0.25) is 0 Å². The molecule has 0 aliphatic carbocycles. The average Bonchev–Trinajstić information content (AvgIpc) is 2.52. The fraction of sp³-hybridized carbons (Fsp3) is 0.611. The number of aliphatic hydroxyl groups is 2. The van der Waals surface area contributed by atoms with Crippen LogP contribution < -0.4 is 0 Å². The van der Waals surface area contributed by atoms with Gasteiger partial charge >= 0.3 is 5.97 Å². The van der Waals surface area contributed by atoms with Crippen molar-refractivity contribution in [3.8, 4) is 0 Å². The van der Waals surface area contributed by atoms with E-state index in [1.54, 1.807) is 0 Å². The van der Waals surface area contributed by atoms with Crippen LogP contribution in [0, 0.1) is 11.8 Å². The number of benzene rings is 1. The monoisotopic (exact) mass is 324 g/mol. The Labute approximate surface area is 138 Å². The molecule has 130 valence electrons. The second-order valence-electron chi connectivity index (χ2n) is 6.19. The van der Waals surface area contributed by atoms with Gasteiger partial charge in [-0.15, -0.1) is 0 Å². The van der Waals surface area contributed by atoms with Gasteiger partial charge in [-0.2, -0.15) is 0 Å². The third-order valence-electron chi connectivity index (χ3n) is 3.85. The van der Waals surface area contributed by atoms with Crippen LogP contribution in [-0.4, -0.2) is 41.1 Å². The zero-order valence-corrected chi connectivity index (χ0v) is 14.3. The molecule has 1 rings (SSSR count). The first-order valence-corrected chi connectivity index (χ1v) is 7.98. The molecule has 0 aromatic heterocycles. The Morgan fingerprint density at radius 2 is 1.74 bits per heavy atom. The van der Waals surface area contributed by atoms with Gasteiger partial charge in [0.15, 0.2) is 0 Å². The normalized spacial score (nSPS) is 16.7. The first-order valence-electron chi connectivity index (χ1n) is 7.98. The van der Waals surface area contributed by atoms with Crippen LogP contribution in [0.15, 0.2) is 30.3 Å². The van der Waals surface area contributed by atoms with Gasteiger partial charge in [-0.3, -0.25) is 4.79 Å². The second-order valence-corrected chi connectivity index (χ2v) is 6.19. The van der Waals surface area contributed by atoms with Crippen LogP contribution in [-0.2, 0) is 20.9 Å². The van der Waals surface area contributed by atoms with Crippen LogP contribution in [0.4, 0.5) is 0 Å². The van der Waals surface area contributed by atoms with Gasteiger partial charge in [-0.25, -0.2) is 0 Å². The second kappa shape index (κ2) is 9.65.